The number of benzene rings is 2. The van der Waals surface area contributed by atoms with Crippen molar-refractivity contribution in [3.05, 3.63) is 62.9 Å². The van der Waals surface area contributed by atoms with E-state index in [0.717, 1.165) is 18.2 Å². The molecule has 35 heavy (non-hydrogen) atoms. The molecular formula is C22H17Cl4F5N2O2. The normalized spacial score (nSPS) is 19.3. The highest BCUT2D eigenvalue weighted by atomic mass is 35.5. The van der Waals surface area contributed by atoms with Crippen LogP contribution < -0.4 is 10.6 Å². The van der Waals surface area contributed by atoms with Gasteiger partial charge in [0.15, 0.2) is 0 Å². The molecule has 0 aromatic heterocycles. The predicted molar refractivity (Wildman–Crippen MR) is 125 cm³/mol. The van der Waals surface area contributed by atoms with Crippen LogP contribution in [0.4, 0.5) is 27.6 Å². The van der Waals surface area contributed by atoms with Crippen molar-refractivity contribution in [1.82, 2.24) is 5.32 Å². The Kier molecular flexibility index (Phi) is 7.60. The second-order valence-corrected chi connectivity index (χ2v) is 10.6. The summed E-state index contributed by atoms with van der Waals surface area (Å²) in [6.07, 6.45) is 0. The van der Waals surface area contributed by atoms with E-state index >= 15 is 0 Å². The first-order chi connectivity index (χ1) is 15.9. The molecule has 190 valence electrons. The van der Waals surface area contributed by atoms with Gasteiger partial charge in [-0.15, -0.1) is 23.2 Å². The topological polar surface area (TPSA) is 58.2 Å². The molecule has 1 aliphatic rings. The van der Waals surface area contributed by atoms with E-state index in [1.807, 2.05) is 5.32 Å². The molecule has 4 nitrogen and oxygen atoms in total. The number of amides is 2. The Hall–Kier alpha value is -1.81. The summed E-state index contributed by atoms with van der Waals surface area (Å²) in [7, 11) is 0. The van der Waals surface area contributed by atoms with E-state index in [2.05, 4.69) is 5.32 Å². The van der Waals surface area contributed by atoms with Gasteiger partial charge in [0.2, 0.25) is 5.91 Å². The summed E-state index contributed by atoms with van der Waals surface area (Å²) in [6, 6.07) is 5.34. The average Bonchev–Trinajstić information content (AvgIpc) is 3.29. The molecular weight excluding hydrogens is 561 g/mol. The Morgan fingerprint density at radius 2 is 1.66 bits per heavy atom. The molecule has 2 aromatic rings. The van der Waals surface area contributed by atoms with Crippen molar-refractivity contribution in [2.24, 2.45) is 5.92 Å². The maximum Gasteiger partial charge on any atom is 0.270 e. The van der Waals surface area contributed by atoms with Gasteiger partial charge in [-0.05, 0) is 35.9 Å². The van der Waals surface area contributed by atoms with Gasteiger partial charge in [0.05, 0.1) is 28.1 Å². The van der Waals surface area contributed by atoms with E-state index in [1.165, 1.54) is 12.1 Å². The largest absolute Gasteiger partial charge is 0.346 e. The first-order valence-corrected chi connectivity index (χ1v) is 11.5. The second-order valence-electron chi connectivity index (χ2n) is 8.32. The number of alkyl halides is 6. The van der Waals surface area contributed by atoms with Gasteiger partial charge >= 0.3 is 0 Å². The van der Waals surface area contributed by atoms with Gasteiger partial charge in [0, 0.05) is 31.0 Å². The van der Waals surface area contributed by atoms with Crippen LogP contribution in [0.5, 0.6) is 0 Å². The molecule has 0 spiro atoms. The fourth-order valence-corrected chi connectivity index (χ4v) is 4.70. The third kappa shape index (κ3) is 6.13. The molecule has 1 saturated carbocycles. The number of carbonyl (C=O) groups is 2. The first kappa shape index (κ1) is 27.8. The van der Waals surface area contributed by atoms with Gasteiger partial charge in [-0.3, -0.25) is 9.59 Å². The summed E-state index contributed by atoms with van der Waals surface area (Å²) < 4.78 is 66.5. The van der Waals surface area contributed by atoms with E-state index in [0.29, 0.717) is 13.8 Å². The summed E-state index contributed by atoms with van der Waals surface area (Å²) in [4.78, 5) is 25.1. The summed E-state index contributed by atoms with van der Waals surface area (Å²) >= 11 is 24.1. The van der Waals surface area contributed by atoms with E-state index in [9.17, 15) is 31.5 Å². The molecule has 0 bridgehead atoms. The van der Waals surface area contributed by atoms with Gasteiger partial charge < -0.3 is 10.6 Å². The number of carbonyl (C=O) groups excluding carboxylic acids is 2. The van der Waals surface area contributed by atoms with Crippen LogP contribution in [-0.2, 0) is 10.7 Å². The zero-order valence-corrected chi connectivity index (χ0v) is 21.0. The van der Waals surface area contributed by atoms with Crippen LogP contribution in [0.15, 0.2) is 30.3 Å². The SMILES string of the molecule is CC(F)(F)CNC(=O)c1cc(NC(=O)C2C(c3cc(C(C)(F)F)cc(Cl)c3F)C2(Cl)Cl)ccc1Cl. The van der Waals surface area contributed by atoms with Gasteiger partial charge in [-0.25, -0.2) is 22.0 Å². The zero-order chi connectivity index (χ0) is 26.5. The Balaban J connectivity index is 1.83. The van der Waals surface area contributed by atoms with Gasteiger partial charge in [-0.2, -0.15) is 0 Å². The first-order valence-electron chi connectivity index (χ1n) is 9.95. The Labute approximate surface area is 217 Å². The van der Waals surface area contributed by atoms with Gasteiger partial charge in [0.1, 0.15) is 10.2 Å². The van der Waals surface area contributed by atoms with Crippen LogP contribution in [0.25, 0.3) is 0 Å². The molecule has 2 amide bonds. The minimum atomic E-state index is -3.35. The summed E-state index contributed by atoms with van der Waals surface area (Å²) in [5.74, 6) is -11.7. The van der Waals surface area contributed by atoms with Crippen LogP contribution in [0, 0.1) is 11.7 Å². The second kappa shape index (κ2) is 9.57. The minimum Gasteiger partial charge on any atom is -0.346 e. The molecule has 3 rings (SSSR count). The van der Waals surface area contributed by atoms with Gasteiger partial charge in [0.25, 0.3) is 17.8 Å². The zero-order valence-electron chi connectivity index (χ0n) is 18.0. The molecule has 2 N–H and O–H groups in total. The van der Waals surface area contributed by atoms with E-state index in [4.69, 9.17) is 46.4 Å². The van der Waals surface area contributed by atoms with Crippen molar-refractivity contribution >= 4 is 63.9 Å². The maximum atomic E-state index is 14.7. The van der Waals surface area contributed by atoms with Crippen molar-refractivity contribution in [1.29, 1.82) is 0 Å². The lowest BCUT2D eigenvalue weighted by Crippen LogP contribution is -2.34. The highest BCUT2D eigenvalue weighted by molar-refractivity contribution is 6.53. The lowest BCUT2D eigenvalue weighted by atomic mass is 10.0. The highest BCUT2D eigenvalue weighted by Gasteiger charge is 2.68. The van der Waals surface area contributed by atoms with Crippen molar-refractivity contribution in [2.45, 2.75) is 35.9 Å². The van der Waals surface area contributed by atoms with Crippen LogP contribution in [0.1, 0.15) is 41.3 Å². The number of rotatable bonds is 7. The molecule has 2 aromatic carbocycles. The summed E-state index contributed by atoms with van der Waals surface area (Å²) in [5.41, 5.74) is -1.09. The number of halogens is 9. The number of hydrogen-bond donors (Lipinski definition) is 2. The van der Waals surface area contributed by atoms with Crippen molar-refractivity contribution in [3.63, 3.8) is 0 Å². The Bertz CT molecular complexity index is 1180. The van der Waals surface area contributed by atoms with Crippen LogP contribution in [0.2, 0.25) is 10.0 Å². The number of anilines is 1. The van der Waals surface area contributed by atoms with E-state index in [1.54, 1.807) is 0 Å². The predicted octanol–water partition coefficient (Wildman–Crippen LogP) is 7.16. The molecule has 2 atom stereocenters. The molecule has 0 radical (unpaired) electrons. The van der Waals surface area contributed by atoms with Crippen molar-refractivity contribution in [2.75, 3.05) is 11.9 Å². The molecule has 1 fully saturated rings. The molecule has 0 saturated heterocycles. The minimum absolute atomic E-state index is 0.0370. The molecule has 0 aliphatic heterocycles. The smallest absolute Gasteiger partial charge is 0.270 e. The third-order valence-electron chi connectivity index (χ3n) is 5.27. The molecule has 0 heterocycles. The van der Waals surface area contributed by atoms with Crippen LogP contribution in [-0.4, -0.2) is 28.6 Å². The summed E-state index contributed by atoms with van der Waals surface area (Å²) in [6.45, 7) is 0.283. The number of nitrogens with one attached hydrogen (secondary N) is 2. The monoisotopic (exact) mass is 576 g/mol. The fraction of sp³-hybridized carbons (Fsp3) is 0.364. The van der Waals surface area contributed by atoms with Crippen LogP contribution >= 0.6 is 46.4 Å². The highest BCUT2D eigenvalue weighted by Crippen LogP contribution is 2.66. The maximum absolute atomic E-state index is 14.7. The van der Waals surface area contributed by atoms with Crippen LogP contribution in [0.3, 0.4) is 0 Å². The molecule has 1 aliphatic carbocycles. The molecule has 2 unspecified atom stereocenters. The number of hydrogen-bond acceptors (Lipinski definition) is 2. The van der Waals surface area contributed by atoms with Crippen molar-refractivity contribution < 1.29 is 31.5 Å². The van der Waals surface area contributed by atoms with E-state index < -0.39 is 62.8 Å². The standard InChI is InChI=1S/C22H17Cl4F5N2O2/c1-20(28,29)8-32-18(34)11-7-10(3-4-13(11)23)33-19(35)16-15(22(16,25)26)12-5-9(21(2,30)31)6-14(24)17(12)27/h3-7,15-16H,8H2,1-2H3,(H,32,34)(H,33,35). The Morgan fingerprint density at radius 3 is 2.23 bits per heavy atom. The average molecular weight is 578 g/mol. The Morgan fingerprint density at radius 1 is 1.03 bits per heavy atom. The van der Waals surface area contributed by atoms with Gasteiger partial charge in [-0.1, -0.05) is 23.2 Å². The molecule has 13 heteroatoms. The third-order valence-corrected chi connectivity index (χ3v) is 6.82. The summed E-state index contributed by atoms with van der Waals surface area (Å²) in [5, 5.41) is 3.81. The van der Waals surface area contributed by atoms with E-state index in [-0.39, 0.29) is 21.8 Å². The lowest BCUT2D eigenvalue weighted by Gasteiger charge is -2.14. The lowest BCUT2D eigenvalue weighted by molar-refractivity contribution is -0.117. The van der Waals surface area contributed by atoms with Crippen molar-refractivity contribution in [3.8, 4) is 0 Å². The fourth-order valence-electron chi connectivity index (χ4n) is 3.46. The quantitative estimate of drug-likeness (QED) is 0.271.